The molecule has 1 fully saturated rings. The van der Waals surface area contributed by atoms with Gasteiger partial charge in [0.05, 0.1) is 29.4 Å². The summed E-state index contributed by atoms with van der Waals surface area (Å²) < 4.78 is 11.1. The Morgan fingerprint density at radius 2 is 1.84 bits per heavy atom. The van der Waals surface area contributed by atoms with Crippen molar-refractivity contribution in [3.05, 3.63) is 46.4 Å². The minimum atomic E-state index is -1.63. The van der Waals surface area contributed by atoms with Crippen molar-refractivity contribution in [3.63, 3.8) is 0 Å². The second kappa shape index (κ2) is 8.37. The lowest BCUT2D eigenvalue weighted by molar-refractivity contribution is -0.157. The Kier molecular flexibility index (Phi) is 6.33. The Morgan fingerprint density at radius 1 is 1.19 bits per heavy atom. The van der Waals surface area contributed by atoms with Crippen LogP contribution >= 0.6 is 11.6 Å². The molecule has 2 heterocycles. The van der Waals surface area contributed by atoms with Gasteiger partial charge in [-0.3, -0.25) is 14.4 Å². The number of hydrogen-bond acceptors (Lipinski definition) is 7. The molecule has 0 aromatic heterocycles. The fourth-order valence-electron chi connectivity index (χ4n) is 3.98. The molecule has 1 aliphatic carbocycles. The van der Waals surface area contributed by atoms with Crippen molar-refractivity contribution >= 4 is 29.1 Å². The third-order valence-electron chi connectivity index (χ3n) is 6.44. The lowest BCUT2D eigenvalue weighted by atomic mass is 9.66. The summed E-state index contributed by atoms with van der Waals surface area (Å²) in [5.41, 5.74) is -0.839. The summed E-state index contributed by atoms with van der Waals surface area (Å²) in [7, 11) is 0. The normalized spacial score (nSPS) is 31.7. The molecular formula is C23H27ClO7. The Labute approximate surface area is 186 Å². The maximum absolute atomic E-state index is 13.1. The number of rotatable bonds is 6. The first-order valence-corrected chi connectivity index (χ1v) is 10.6. The molecule has 3 rings (SSSR count). The Morgan fingerprint density at radius 3 is 2.42 bits per heavy atom. The van der Waals surface area contributed by atoms with Crippen LogP contribution < -0.4 is 0 Å². The molecule has 3 aliphatic rings. The van der Waals surface area contributed by atoms with E-state index in [1.165, 1.54) is 27.0 Å². The first kappa shape index (κ1) is 23.4. The summed E-state index contributed by atoms with van der Waals surface area (Å²) in [5, 5.41) is 19.4. The van der Waals surface area contributed by atoms with Gasteiger partial charge in [0, 0.05) is 23.0 Å². The molecule has 0 bridgehead atoms. The van der Waals surface area contributed by atoms with E-state index in [2.05, 4.69) is 0 Å². The summed E-state index contributed by atoms with van der Waals surface area (Å²) in [6.45, 7) is 7.96. The minimum Gasteiger partial charge on any atom is -0.465 e. The van der Waals surface area contributed by atoms with Gasteiger partial charge >= 0.3 is 5.97 Å². The SMILES string of the molecule is C[C@H](O)[C@H](C)C(=O)[C@@H]1C(=O)O[C@]2(C)C(=O)C(Cl)=C3C=C(/C=C/[C@@H](C)[C@@H](C)O)OC=C3[C@H]12. The number of carbonyl (C=O) groups excluding carboxylic acids is 3. The highest BCUT2D eigenvalue weighted by Gasteiger charge is 2.64. The zero-order valence-corrected chi connectivity index (χ0v) is 18.8. The summed E-state index contributed by atoms with van der Waals surface area (Å²) in [6.07, 6.45) is 4.87. The van der Waals surface area contributed by atoms with Crippen molar-refractivity contribution in [2.45, 2.75) is 52.4 Å². The van der Waals surface area contributed by atoms with Crippen LogP contribution in [0.3, 0.4) is 0 Å². The number of aliphatic hydroxyl groups excluding tert-OH is 2. The predicted octanol–water partition coefficient (Wildman–Crippen LogP) is 2.57. The molecule has 0 aromatic carbocycles. The summed E-state index contributed by atoms with van der Waals surface area (Å²) >= 11 is 6.37. The molecule has 0 unspecified atom stereocenters. The van der Waals surface area contributed by atoms with E-state index in [0.717, 1.165) is 0 Å². The van der Waals surface area contributed by atoms with E-state index in [1.807, 2.05) is 6.92 Å². The standard InChI is InChI=1S/C23H27ClO7/c1-10(12(3)25)6-7-14-8-15-16(9-30-14)18-17(20(27)11(2)13(4)26)22(29)31-23(18,5)21(28)19(15)24/h6-13,17-18,25-26H,1-5H3/b7-6+/t10-,11+,12-,13+,17-,18-,23+/m1/s1. The summed E-state index contributed by atoms with van der Waals surface area (Å²) in [6, 6.07) is 0. The molecule has 7 nitrogen and oxygen atoms in total. The van der Waals surface area contributed by atoms with Crippen LogP contribution in [0.1, 0.15) is 34.6 Å². The highest BCUT2D eigenvalue weighted by molar-refractivity contribution is 6.45. The largest absolute Gasteiger partial charge is 0.465 e. The molecule has 2 N–H and O–H groups in total. The zero-order chi connectivity index (χ0) is 23.2. The van der Waals surface area contributed by atoms with E-state index in [0.29, 0.717) is 16.9 Å². The topological polar surface area (TPSA) is 110 Å². The van der Waals surface area contributed by atoms with Gasteiger partial charge < -0.3 is 19.7 Å². The molecule has 1 saturated heterocycles. The van der Waals surface area contributed by atoms with Gasteiger partial charge in [-0.05, 0) is 32.9 Å². The molecule has 31 heavy (non-hydrogen) atoms. The van der Waals surface area contributed by atoms with E-state index >= 15 is 0 Å². The average Bonchev–Trinajstić information content (AvgIpc) is 3.00. The van der Waals surface area contributed by atoms with Gasteiger partial charge in [0.15, 0.2) is 11.4 Å². The Balaban J connectivity index is 2.03. The van der Waals surface area contributed by atoms with Gasteiger partial charge in [-0.1, -0.05) is 31.5 Å². The minimum absolute atomic E-state index is 0.104. The lowest BCUT2D eigenvalue weighted by Gasteiger charge is -2.37. The number of fused-ring (bicyclic) bond motifs is 3. The Hall–Kier alpha value is -2.22. The van der Waals surface area contributed by atoms with Crippen LogP contribution in [0.25, 0.3) is 0 Å². The molecule has 7 atom stereocenters. The van der Waals surface area contributed by atoms with Crippen molar-refractivity contribution in [2.75, 3.05) is 0 Å². The highest BCUT2D eigenvalue weighted by atomic mass is 35.5. The third-order valence-corrected chi connectivity index (χ3v) is 6.81. The quantitative estimate of drug-likeness (QED) is 0.472. The van der Waals surface area contributed by atoms with E-state index in [1.54, 1.807) is 25.2 Å². The summed E-state index contributed by atoms with van der Waals surface area (Å²) in [4.78, 5) is 38.8. The number of ketones is 2. The van der Waals surface area contributed by atoms with Crippen molar-refractivity contribution in [2.24, 2.45) is 23.7 Å². The van der Waals surface area contributed by atoms with E-state index in [-0.39, 0.29) is 11.0 Å². The van der Waals surface area contributed by atoms with Gasteiger partial charge in [0.1, 0.15) is 11.7 Å². The second-order valence-corrected chi connectivity index (χ2v) is 9.05. The number of hydrogen-bond donors (Lipinski definition) is 2. The Bertz CT molecular complexity index is 940. The number of Topliss-reactive ketones (excluding diaryl/α,β-unsaturated/α-hetero) is 2. The fourth-order valence-corrected chi connectivity index (χ4v) is 4.33. The monoisotopic (exact) mass is 450 g/mol. The first-order valence-electron chi connectivity index (χ1n) is 10.2. The van der Waals surface area contributed by atoms with E-state index in [4.69, 9.17) is 21.1 Å². The first-order chi connectivity index (χ1) is 14.4. The number of ether oxygens (including phenoxy) is 2. The number of aliphatic hydroxyl groups is 2. The smallest absolute Gasteiger partial charge is 0.318 e. The third kappa shape index (κ3) is 3.90. The molecule has 8 heteroatoms. The van der Waals surface area contributed by atoms with Gasteiger partial charge in [-0.2, -0.15) is 0 Å². The van der Waals surface area contributed by atoms with Crippen LogP contribution in [0, 0.1) is 23.7 Å². The van der Waals surface area contributed by atoms with Gasteiger partial charge in [0.25, 0.3) is 0 Å². The van der Waals surface area contributed by atoms with Crippen LogP contribution in [0.5, 0.6) is 0 Å². The molecule has 0 spiro atoms. The van der Waals surface area contributed by atoms with Gasteiger partial charge in [-0.15, -0.1) is 0 Å². The fraction of sp³-hybridized carbons (Fsp3) is 0.522. The van der Waals surface area contributed by atoms with Crippen molar-refractivity contribution in [3.8, 4) is 0 Å². The van der Waals surface area contributed by atoms with Crippen molar-refractivity contribution < 1.29 is 34.1 Å². The van der Waals surface area contributed by atoms with Gasteiger partial charge in [-0.25, -0.2) is 0 Å². The van der Waals surface area contributed by atoms with E-state index < -0.39 is 53.1 Å². The van der Waals surface area contributed by atoms with Crippen LogP contribution in [0.15, 0.2) is 46.4 Å². The zero-order valence-electron chi connectivity index (χ0n) is 18.1. The van der Waals surface area contributed by atoms with E-state index in [9.17, 15) is 24.6 Å². The molecule has 0 radical (unpaired) electrons. The average molecular weight is 451 g/mol. The molecule has 2 aliphatic heterocycles. The summed E-state index contributed by atoms with van der Waals surface area (Å²) in [5.74, 6) is -4.62. The highest BCUT2D eigenvalue weighted by Crippen LogP contribution is 2.52. The lowest BCUT2D eigenvalue weighted by Crippen LogP contribution is -2.48. The van der Waals surface area contributed by atoms with Crippen LogP contribution in [0.4, 0.5) is 0 Å². The van der Waals surface area contributed by atoms with Gasteiger partial charge in [0.2, 0.25) is 5.78 Å². The molecule has 168 valence electrons. The predicted molar refractivity (Wildman–Crippen MR) is 112 cm³/mol. The number of carbonyl (C=O) groups is 3. The van der Waals surface area contributed by atoms with Crippen LogP contribution in [0.2, 0.25) is 0 Å². The number of allylic oxidation sites excluding steroid dienone is 3. The maximum atomic E-state index is 13.1. The second-order valence-electron chi connectivity index (χ2n) is 8.67. The maximum Gasteiger partial charge on any atom is 0.318 e. The molecular weight excluding hydrogens is 424 g/mol. The number of esters is 1. The van der Waals surface area contributed by atoms with Crippen molar-refractivity contribution in [1.29, 1.82) is 0 Å². The molecule has 0 amide bonds. The number of halogens is 1. The molecule has 0 saturated carbocycles. The molecule has 0 aromatic rings. The van der Waals surface area contributed by atoms with Crippen molar-refractivity contribution in [1.82, 2.24) is 0 Å². The van der Waals surface area contributed by atoms with Crippen LogP contribution in [-0.4, -0.2) is 45.6 Å². The van der Waals surface area contributed by atoms with Crippen LogP contribution in [-0.2, 0) is 23.9 Å².